The number of methoxy groups -OCH3 is 1. The van der Waals surface area contributed by atoms with Gasteiger partial charge in [0.15, 0.2) is 0 Å². The summed E-state index contributed by atoms with van der Waals surface area (Å²) < 4.78 is 22.9. The summed E-state index contributed by atoms with van der Waals surface area (Å²) in [6.45, 7) is 1.82. The Bertz CT molecular complexity index is 597. The Kier molecular flexibility index (Phi) is 5.38. The van der Waals surface area contributed by atoms with Crippen LogP contribution in [0.1, 0.15) is 12.6 Å². The van der Waals surface area contributed by atoms with Crippen LogP contribution < -0.4 is 0 Å². The van der Waals surface area contributed by atoms with Gasteiger partial charge in [0, 0.05) is 17.1 Å². The number of hydrogen-bond acceptors (Lipinski definition) is 5. The van der Waals surface area contributed by atoms with Crippen LogP contribution in [0, 0.1) is 11.7 Å². The van der Waals surface area contributed by atoms with Crippen LogP contribution in [0.2, 0.25) is 0 Å². The zero-order valence-corrected chi connectivity index (χ0v) is 12.7. The molecule has 0 radical (unpaired) electrons. The van der Waals surface area contributed by atoms with Crippen LogP contribution in [-0.4, -0.2) is 23.8 Å². The third kappa shape index (κ3) is 4.32. The highest BCUT2D eigenvalue weighted by Crippen LogP contribution is 2.22. The van der Waals surface area contributed by atoms with E-state index < -0.39 is 0 Å². The largest absolute Gasteiger partial charge is 0.469 e. The van der Waals surface area contributed by atoms with E-state index >= 15 is 0 Å². The summed E-state index contributed by atoms with van der Waals surface area (Å²) in [6.07, 6.45) is 1.58. The normalized spacial score (nSPS) is 12.1. The molecule has 2 aromatic rings. The van der Waals surface area contributed by atoms with Gasteiger partial charge in [-0.3, -0.25) is 4.79 Å². The van der Waals surface area contributed by atoms with Gasteiger partial charge in [0.1, 0.15) is 12.1 Å². The molecule has 2 rings (SSSR count). The summed E-state index contributed by atoms with van der Waals surface area (Å²) in [7, 11) is 1.39. The van der Waals surface area contributed by atoms with E-state index in [4.69, 9.17) is 4.42 Å². The van der Waals surface area contributed by atoms with Crippen molar-refractivity contribution in [2.75, 3.05) is 12.9 Å². The van der Waals surface area contributed by atoms with E-state index in [0.29, 0.717) is 17.4 Å². The number of oxazole rings is 1. The number of halogens is 1. The average molecular weight is 309 g/mol. The van der Waals surface area contributed by atoms with Gasteiger partial charge in [-0.05, 0) is 24.3 Å². The second-order valence-electron chi connectivity index (χ2n) is 4.59. The molecule has 0 fully saturated rings. The lowest BCUT2D eigenvalue weighted by Gasteiger charge is -2.07. The van der Waals surface area contributed by atoms with Crippen LogP contribution in [-0.2, 0) is 15.3 Å². The van der Waals surface area contributed by atoms with Crippen molar-refractivity contribution in [2.45, 2.75) is 12.7 Å². The SMILES string of the molecule is COC(=O)C(C)CSCc1coc(-c2ccc(F)cc2)n1. The quantitative estimate of drug-likeness (QED) is 0.764. The summed E-state index contributed by atoms with van der Waals surface area (Å²) in [5.74, 6) is 1.11. The van der Waals surface area contributed by atoms with Crippen molar-refractivity contribution in [1.82, 2.24) is 4.98 Å². The molecule has 0 saturated heterocycles. The van der Waals surface area contributed by atoms with Gasteiger partial charge in [0.2, 0.25) is 5.89 Å². The second kappa shape index (κ2) is 7.26. The summed E-state index contributed by atoms with van der Waals surface area (Å²) in [5.41, 5.74) is 1.52. The number of ether oxygens (including phenoxy) is 1. The van der Waals surface area contributed by atoms with Crippen molar-refractivity contribution >= 4 is 17.7 Å². The van der Waals surface area contributed by atoms with E-state index in [1.54, 1.807) is 30.2 Å². The van der Waals surface area contributed by atoms with Crippen molar-refractivity contribution in [2.24, 2.45) is 5.92 Å². The third-order valence-corrected chi connectivity index (χ3v) is 4.10. The predicted molar refractivity (Wildman–Crippen MR) is 79.2 cm³/mol. The highest BCUT2D eigenvalue weighted by molar-refractivity contribution is 7.98. The number of rotatable bonds is 6. The molecule has 0 saturated carbocycles. The molecule has 4 nitrogen and oxygen atoms in total. The fourth-order valence-electron chi connectivity index (χ4n) is 1.71. The number of carbonyl (C=O) groups excluding carboxylic acids is 1. The molecular weight excluding hydrogens is 293 g/mol. The van der Waals surface area contributed by atoms with E-state index in [0.717, 1.165) is 11.3 Å². The number of carbonyl (C=O) groups is 1. The minimum absolute atomic E-state index is 0.150. The second-order valence-corrected chi connectivity index (χ2v) is 5.62. The molecule has 1 aromatic heterocycles. The molecule has 6 heteroatoms. The van der Waals surface area contributed by atoms with Gasteiger partial charge in [-0.15, -0.1) is 0 Å². The van der Waals surface area contributed by atoms with Gasteiger partial charge < -0.3 is 9.15 Å². The van der Waals surface area contributed by atoms with Gasteiger partial charge in [0.25, 0.3) is 0 Å². The lowest BCUT2D eigenvalue weighted by molar-refractivity contribution is -0.143. The Morgan fingerprint density at radius 3 is 2.81 bits per heavy atom. The number of esters is 1. The van der Waals surface area contributed by atoms with Crippen LogP contribution in [0.15, 0.2) is 34.9 Å². The highest BCUT2D eigenvalue weighted by atomic mass is 32.2. The molecule has 0 bridgehead atoms. The van der Waals surface area contributed by atoms with Crippen molar-refractivity contribution < 1.29 is 18.3 Å². The molecule has 1 heterocycles. The van der Waals surface area contributed by atoms with E-state index in [1.807, 2.05) is 6.92 Å². The maximum atomic E-state index is 12.9. The molecule has 0 aliphatic carbocycles. The molecule has 21 heavy (non-hydrogen) atoms. The van der Waals surface area contributed by atoms with E-state index in [1.165, 1.54) is 19.2 Å². The highest BCUT2D eigenvalue weighted by Gasteiger charge is 2.13. The van der Waals surface area contributed by atoms with Gasteiger partial charge in [-0.2, -0.15) is 11.8 Å². The Morgan fingerprint density at radius 1 is 1.43 bits per heavy atom. The summed E-state index contributed by atoms with van der Waals surface area (Å²) in [5, 5.41) is 0. The molecule has 1 unspecified atom stereocenters. The summed E-state index contributed by atoms with van der Waals surface area (Å²) in [6, 6.07) is 5.98. The van der Waals surface area contributed by atoms with Gasteiger partial charge in [0.05, 0.1) is 18.7 Å². The first-order valence-electron chi connectivity index (χ1n) is 6.46. The van der Waals surface area contributed by atoms with Crippen LogP contribution in [0.25, 0.3) is 11.5 Å². The fraction of sp³-hybridized carbons (Fsp3) is 0.333. The number of nitrogens with zero attached hydrogens (tertiary/aromatic N) is 1. The van der Waals surface area contributed by atoms with Crippen molar-refractivity contribution in [3.05, 3.63) is 42.0 Å². The zero-order chi connectivity index (χ0) is 15.2. The zero-order valence-electron chi connectivity index (χ0n) is 11.8. The monoisotopic (exact) mass is 309 g/mol. The molecular formula is C15H16FNO3S. The van der Waals surface area contributed by atoms with E-state index in [9.17, 15) is 9.18 Å². The van der Waals surface area contributed by atoms with Crippen LogP contribution in [0.5, 0.6) is 0 Å². The molecule has 0 N–H and O–H groups in total. The molecule has 1 atom stereocenters. The van der Waals surface area contributed by atoms with Crippen LogP contribution in [0.4, 0.5) is 4.39 Å². The summed E-state index contributed by atoms with van der Waals surface area (Å²) in [4.78, 5) is 15.6. The average Bonchev–Trinajstić information content (AvgIpc) is 2.95. The first-order chi connectivity index (χ1) is 10.1. The minimum Gasteiger partial charge on any atom is -0.469 e. The van der Waals surface area contributed by atoms with Crippen LogP contribution in [0.3, 0.4) is 0 Å². The maximum Gasteiger partial charge on any atom is 0.309 e. The molecule has 0 spiro atoms. The number of thioether (sulfide) groups is 1. The van der Waals surface area contributed by atoms with Gasteiger partial charge in [-0.25, -0.2) is 9.37 Å². The first-order valence-corrected chi connectivity index (χ1v) is 7.61. The Morgan fingerprint density at radius 2 is 2.14 bits per heavy atom. The Labute approximate surface area is 126 Å². The lowest BCUT2D eigenvalue weighted by Crippen LogP contribution is -2.14. The standard InChI is InChI=1S/C15H16FNO3S/c1-10(15(18)19-2)8-21-9-13-7-20-14(17-13)11-3-5-12(16)6-4-11/h3-7,10H,8-9H2,1-2H3. The van der Waals surface area contributed by atoms with Gasteiger partial charge >= 0.3 is 5.97 Å². The van der Waals surface area contributed by atoms with Crippen molar-refractivity contribution in [3.8, 4) is 11.5 Å². The number of benzene rings is 1. The molecule has 112 valence electrons. The Balaban J connectivity index is 1.89. The maximum absolute atomic E-state index is 12.9. The van der Waals surface area contributed by atoms with E-state index in [2.05, 4.69) is 9.72 Å². The Hall–Kier alpha value is -1.82. The molecule has 0 amide bonds. The van der Waals surface area contributed by atoms with Gasteiger partial charge in [-0.1, -0.05) is 6.92 Å². The predicted octanol–water partition coefficient (Wildman–Crippen LogP) is 3.52. The number of aromatic nitrogens is 1. The lowest BCUT2D eigenvalue weighted by atomic mass is 10.2. The van der Waals surface area contributed by atoms with E-state index in [-0.39, 0.29) is 17.7 Å². The van der Waals surface area contributed by atoms with Crippen molar-refractivity contribution in [1.29, 1.82) is 0 Å². The minimum atomic E-state index is -0.294. The first kappa shape index (κ1) is 15.6. The van der Waals surface area contributed by atoms with Crippen LogP contribution >= 0.6 is 11.8 Å². The molecule has 0 aliphatic heterocycles. The molecule has 1 aromatic carbocycles. The summed E-state index contributed by atoms with van der Waals surface area (Å²) >= 11 is 1.59. The smallest absolute Gasteiger partial charge is 0.309 e. The molecule has 0 aliphatic rings. The number of hydrogen-bond donors (Lipinski definition) is 0. The van der Waals surface area contributed by atoms with Crippen molar-refractivity contribution in [3.63, 3.8) is 0 Å². The third-order valence-electron chi connectivity index (χ3n) is 2.86. The topological polar surface area (TPSA) is 52.3 Å². The fourth-order valence-corrected chi connectivity index (χ4v) is 2.66.